The van der Waals surface area contributed by atoms with E-state index in [4.69, 9.17) is 0 Å². The van der Waals surface area contributed by atoms with E-state index in [-0.39, 0.29) is 11.8 Å². The topological polar surface area (TPSA) is 20.3 Å². The fourth-order valence-corrected chi connectivity index (χ4v) is 1.40. The minimum Gasteiger partial charge on any atom is -0.348 e. The summed E-state index contributed by atoms with van der Waals surface area (Å²) in [5, 5.41) is 0. The Morgan fingerprint density at radius 2 is 2.09 bits per heavy atom. The van der Waals surface area contributed by atoms with Crippen LogP contribution < -0.4 is 0 Å². The minimum atomic E-state index is 0.139. The lowest BCUT2D eigenvalue weighted by atomic mass is 10.0. The van der Waals surface area contributed by atoms with E-state index < -0.39 is 0 Å². The van der Waals surface area contributed by atoms with Crippen LogP contribution in [0.2, 0.25) is 0 Å². The minimum absolute atomic E-state index is 0.139. The van der Waals surface area contributed by atoms with Gasteiger partial charge in [0.15, 0.2) is 0 Å². The van der Waals surface area contributed by atoms with Crippen LogP contribution in [0, 0.1) is 11.8 Å². The van der Waals surface area contributed by atoms with Crippen LogP contribution in [-0.2, 0) is 4.79 Å². The molecule has 0 aromatic carbocycles. The van der Waals surface area contributed by atoms with Gasteiger partial charge in [0, 0.05) is 14.1 Å². The van der Waals surface area contributed by atoms with Gasteiger partial charge in [0.2, 0.25) is 5.91 Å². The fourth-order valence-electron chi connectivity index (χ4n) is 1.40. The molecule has 0 heterocycles. The van der Waals surface area contributed by atoms with Crippen LogP contribution in [0.25, 0.3) is 0 Å². The molecule has 2 heteroatoms. The molecule has 0 bridgehead atoms. The van der Waals surface area contributed by atoms with Crippen molar-refractivity contribution >= 4 is 5.91 Å². The highest BCUT2D eigenvalue weighted by Gasteiger charge is 2.23. The van der Waals surface area contributed by atoms with E-state index in [2.05, 4.69) is 13.0 Å². The number of hydrogen-bond acceptors (Lipinski definition) is 1. The monoisotopic (exact) mass is 153 g/mol. The summed E-state index contributed by atoms with van der Waals surface area (Å²) in [6.07, 6.45) is 5.12. The Kier molecular flexibility index (Phi) is 2.32. The van der Waals surface area contributed by atoms with Crippen molar-refractivity contribution in [2.45, 2.75) is 13.3 Å². The molecule has 0 unspecified atom stereocenters. The lowest BCUT2D eigenvalue weighted by Gasteiger charge is -2.14. The molecule has 0 aromatic heterocycles. The molecule has 0 N–H and O–H groups in total. The highest BCUT2D eigenvalue weighted by molar-refractivity contribution is 5.80. The summed E-state index contributed by atoms with van der Waals surface area (Å²) in [6, 6.07) is 0. The Morgan fingerprint density at radius 1 is 1.45 bits per heavy atom. The number of carbonyl (C=O) groups excluding carboxylic acids is 1. The highest BCUT2D eigenvalue weighted by atomic mass is 16.2. The van der Waals surface area contributed by atoms with E-state index in [1.54, 1.807) is 19.0 Å². The van der Waals surface area contributed by atoms with E-state index in [9.17, 15) is 4.79 Å². The Balaban J connectivity index is 2.51. The Labute approximate surface area is 67.9 Å². The van der Waals surface area contributed by atoms with Crippen LogP contribution in [0.5, 0.6) is 0 Å². The third-order valence-corrected chi connectivity index (χ3v) is 2.06. The normalized spacial score (nSPS) is 29.0. The molecule has 0 radical (unpaired) electrons. The van der Waals surface area contributed by atoms with Crippen LogP contribution in [0.4, 0.5) is 0 Å². The number of allylic oxidation sites excluding steroid dienone is 1. The average molecular weight is 153 g/mol. The number of carbonyl (C=O) groups is 1. The molecule has 0 saturated heterocycles. The molecule has 11 heavy (non-hydrogen) atoms. The van der Waals surface area contributed by atoms with Crippen LogP contribution in [0.1, 0.15) is 13.3 Å². The predicted molar refractivity (Wildman–Crippen MR) is 45.1 cm³/mol. The number of hydrogen-bond donors (Lipinski definition) is 0. The maximum Gasteiger partial charge on any atom is 0.228 e. The van der Waals surface area contributed by atoms with Crippen molar-refractivity contribution in [2.75, 3.05) is 14.1 Å². The van der Waals surface area contributed by atoms with E-state index >= 15 is 0 Å². The lowest BCUT2D eigenvalue weighted by Crippen LogP contribution is -2.27. The first-order valence-electron chi connectivity index (χ1n) is 4.00. The molecule has 1 aliphatic rings. The summed E-state index contributed by atoms with van der Waals surface area (Å²) in [7, 11) is 3.61. The van der Waals surface area contributed by atoms with E-state index in [0.29, 0.717) is 5.92 Å². The fraction of sp³-hybridized carbons (Fsp3) is 0.667. The molecule has 1 rings (SSSR count). The molecule has 0 spiro atoms. The largest absolute Gasteiger partial charge is 0.348 e. The van der Waals surface area contributed by atoms with Crippen molar-refractivity contribution in [3.05, 3.63) is 12.2 Å². The predicted octanol–water partition coefficient (Wildman–Crippen LogP) is 1.29. The van der Waals surface area contributed by atoms with Gasteiger partial charge in [-0.25, -0.2) is 0 Å². The average Bonchev–Trinajstić information content (AvgIpc) is 2.34. The van der Waals surface area contributed by atoms with Gasteiger partial charge in [-0.1, -0.05) is 19.1 Å². The molecule has 2 nitrogen and oxygen atoms in total. The van der Waals surface area contributed by atoms with Crippen molar-refractivity contribution in [1.82, 2.24) is 4.90 Å². The van der Waals surface area contributed by atoms with Crippen molar-refractivity contribution < 1.29 is 4.79 Å². The summed E-state index contributed by atoms with van der Waals surface area (Å²) in [6.45, 7) is 2.14. The summed E-state index contributed by atoms with van der Waals surface area (Å²) >= 11 is 0. The van der Waals surface area contributed by atoms with Gasteiger partial charge >= 0.3 is 0 Å². The quantitative estimate of drug-likeness (QED) is 0.520. The molecular formula is C9H15NO. The molecule has 0 fully saturated rings. The van der Waals surface area contributed by atoms with Crippen molar-refractivity contribution in [3.8, 4) is 0 Å². The maximum absolute atomic E-state index is 11.4. The highest BCUT2D eigenvalue weighted by Crippen LogP contribution is 2.23. The summed E-state index contributed by atoms with van der Waals surface area (Å²) in [5.74, 6) is 0.939. The van der Waals surface area contributed by atoms with E-state index in [1.807, 2.05) is 6.08 Å². The Bertz CT molecular complexity index is 184. The second-order valence-electron chi connectivity index (χ2n) is 3.44. The SMILES string of the molecule is C[C@H]1C=C[C@@H](C(=O)N(C)C)C1. The van der Waals surface area contributed by atoms with Gasteiger partial charge in [0.05, 0.1) is 5.92 Å². The van der Waals surface area contributed by atoms with Crippen molar-refractivity contribution in [2.24, 2.45) is 11.8 Å². The molecule has 1 aliphatic carbocycles. The second kappa shape index (κ2) is 3.07. The molecule has 1 amide bonds. The van der Waals surface area contributed by atoms with Gasteiger partial charge < -0.3 is 4.90 Å². The summed E-state index contributed by atoms with van der Waals surface area (Å²) < 4.78 is 0. The summed E-state index contributed by atoms with van der Waals surface area (Å²) in [4.78, 5) is 13.0. The first-order chi connectivity index (χ1) is 5.11. The van der Waals surface area contributed by atoms with Gasteiger partial charge in [-0.15, -0.1) is 0 Å². The number of rotatable bonds is 1. The zero-order valence-corrected chi connectivity index (χ0v) is 7.37. The third kappa shape index (κ3) is 1.82. The van der Waals surface area contributed by atoms with Crippen molar-refractivity contribution in [1.29, 1.82) is 0 Å². The smallest absolute Gasteiger partial charge is 0.228 e. The zero-order chi connectivity index (χ0) is 8.43. The van der Waals surface area contributed by atoms with Crippen LogP contribution in [0.3, 0.4) is 0 Å². The third-order valence-electron chi connectivity index (χ3n) is 2.06. The summed E-state index contributed by atoms with van der Waals surface area (Å²) in [5.41, 5.74) is 0. The maximum atomic E-state index is 11.4. The zero-order valence-electron chi connectivity index (χ0n) is 7.37. The molecule has 0 saturated carbocycles. The van der Waals surface area contributed by atoms with Crippen LogP contribution >= 0.6 is 0 Å². The molecule has 62 valence electrons. The molecule has 0 aromatic rings. The number of nitrogens with zero attached hydrogens (tertiary/aromatic N) is 1. The molecular weight excluding hydrogens is 138 g/mol. The second-order valence-corrected chi connectivity index (χ2v) is 3.44. The Hall–Kier alpha value is -0.790. The van der Waals surface area contributed by atoms with E-state index in [0.717, 1.165) is 6.42 Å². The van der Waals surface area contributed by atoms with Gasteiger partial charge in [0.1, 0.15) is 0 Å². The number of amides is 1. The standard InChI is InChI=1S/C9H15NO/c1-7-4-5-8(6-7)9(11)10(2)3/h4-5,7-8H,6H2,1-3H3/t7-,8+/m0/s1. The van der Waals surface area contributed by atoms with Crippen LogP contribution in [-0.4, -0.2) is 24.9 Å². The first-order valence-corrected chi connectivity index (χ1v) is 4.00. The first kappa shape index (κ1) is 8.31. The van der Waals surface area contributed by atoms with Gasteiger partial charge in [-0.2, -0.15) is 0 Å². The lowest BCUT2D eigenvalue weighted by molar-refractivity contribution is -0.131. The molecule has 2 atom stereocenters. The molecule has 0 aliphatic heterocycles. The van der Waals surface area contributed by atoms with Crippen LogP contribution in [0.15, 0.2) is 12.2 Å². The van der Waals surface area contributed by atoms with Crippen molar-refractivity contribution in [3.63, 3.8) is 0 Å². The Morgan fingerprint density at radius 3 is 2.45 bits per heavy atom. The van der Waals surface area contributed by atoms with E-state index in [1.165, 1.54) is 0 Å². The van der Waals surface area contributed by atoms with Gasteiger partial charge in [0.25, 0.3) is 0 Å². The van der Waals surface area contributed by atoms with Gasteiger partial charge in [-0.05, 0) is 12.3 Å². The van der Waals surface area contributed by atoms with Gasteiger partial charge in [-0.3, -0.25) is 4.79 Å².